The third kappa shape index (κ3) is 2.03. The fourth-order valence-corrected chi connectivity index (χ4v) is 0.891. The standard InChI is InChI=1S/C10H9NO3/c1-3-8-4-6-9(7-5-8)11(13)10(12)14-2/h1,4-7,13H,2H3. The lowest BCUT2D eigenvalue weighted by Crippen LogP contribution is -2.26. The molecule has 72 valence electrons. The molecule has 0 bridgehead atoms. The van der Waals surface area contributed by atoms with Gasteiger partial charge in [-0.05, 0) is 24.3 Å². The van der Waals surface area contributed by atoms with Crippen LogP contribution in [0, 0.1) is 12.3 Å². The maximum atomic E-state index is 10.9. The van der Waals surface area contributed by atoms with Gasteiger partial charge in [-0.3, -0.25) is 5.21 Å². The molecule has 1 amide bonds. The summed E-state index contributed by atoms with van der Waals surface area (Å²) in [7, 11) is 1.18. The monoisotopic (exact) mass is 191 g/mol. The molecule has 0 aromatic heterocycles. The molecule has 4 nitrogen and oxygen atoms in total. The highest BCUT2D eigenvalue weighted by Gasteiger charge is 2.12. The van der Waals surface area contributed by atoms with Crippen LogP contribution in [0.5, 0.6) is 0 Å². The van der Waals surface area contributed by atoms with E-state index in [0.29, 0.717) is 16.3 Å². The van der Waals surface area contributed by atoms with Crippen LogP contribution in [0.4, 0.5) is 10.5 Å². The number of benzene rings is 1. The summed E-state index contributed by atoms with van der Waals surface area (Å²) in [6.45, 7) is 0. The second-order valence-corrected chi connectivity index (χ2v) is 2.47. The molecule has 1 N–H and O–H groups in total. The number of anilines is 1. The van der Waals surface area contributed by atoms with Gasteiger partial charge >= 0.3 is 6.09 Å². The van der Waals surface area contributed by atoms with E-state index in [-0.39, 0.29) is 0 Å². The minimum Gasteiger partial charge on any atom is -0.451 e. The van der Waals surface area contributed by atoms with E-state index in [1.165, 1.54) is 19.2 Å². The summed E-state index contributed by atoms with van der Waals surface area (Å²) in [4.78, 5) is 10.9. The average molecular weight is 191 g/mol. The summed E-state index contributed by atoms with van der Waals surface area (Å²) in [6, 6.07) is 6.27. The van der Waals surface area contributed by atoms with Gasteiger partial charge in [0.05, 0.1) is 12.8 Å². The Balaban J connectivity index is 2.88. The Labute approximate surface area is 81.7 Å². The number of hydroxylamine groups is 1. The zero-order valence-corrected chi connectivity index (χ0v) is 7.60. The van der Waals surface area contributed by atoms with Crippen molar-refractivity contribution in [2.24, 2.45) is 0 Å². The minimum absolute atomic E-state index is 0.302. The van der Waals surface area contributed by atoms with Crippen molar-refractivity contribution >= 4 is 11.8 Å². The van der Waals surface area contributed by atoms with E-state index in [1.807, 2.05) is 0 Å². The van der Waals surface area contributed by atoms with Crippen LogP contribution in [0.25, 0.3) is 0 Å². The number of carbonyl (C=O) groups excluding carboxylic acids is 1. The van der Waals surface area contributed by atoms with E-state index >= 15 is 0 Å². The molecule has 4 heteroatoms. The van der Waals surface area contributed by atoms with E-state index in [4.69, 9.17) is 6.42 Å². The van der Waals surface area contributed by atoms with Crippen molar-refractivity contribution in [3.8, 4) is 12.3 Å². The predicted octanol–water partition coefficient (Wildman–Crippen LogP) is 1.63. The smallest absolute Gasteiger partial charge is 0.438 e. The van der Waals surface area contributed by atoms with Gasteiger partial charge in [-0.2, -0.15) is 5.06 Å². The Morgan fingerprint density at radius 1 is 1.50 bits per heavy atom. The number of hydrogen-bond donors (Lipinski definition) is 1. The van der Waals surface area contributed by atoms with Gasteiger partial charge in [0.2, 0.25) is 0 Å². The fourth-order valence-electron chi connectivity index (χ4n) is 0.891. The number of nitrogens with zero attached hydrogens (tertiary/aromatic N) is 1. The maximum Gasteiger partial charge on any atom is 0.438 e. The van der Waals surface area contributed by atoms with Crippen LogP contribution < -0.4 is 5.06 Å². The SMILES string of the molecule is C#Cc1ccc(N(O)C(=O)OC)cc1. The van der Waals surface area contributed by atoms with Gasteiger partial charge in [-0.1, -0.05) is 5.92 Å². The first-order valence-electron chi connectivity index (χ1n) is 3.82. The maximum absolute atomic E-state index is 10.9. The number of terminal acetylenes is 1. The molecule has 0 fully saturated rings. The Kier molecular flexibility index (Phi) is 3.10. The Bertz CT molecular complexity index is 364. The first-order chi connectivity index (χ1) is 6.69. The normalized spacial score (nSPS) is 8.93. The molecule has 0 aliphatic rings. The van der Waals surface area contributed by atoms with E-state index < -0.39 is 6.09 Å². The van der Waals surface area contributed by atoms with Crippen molar-refractivity contribution in [3.05, 3.63) is 29.8 Å². The summed E-state index contributed by atoms with van der Waals surface area (Å²) in [5, 5.41) is 9.66. The van der Waals surface area contributed by atoms with E-state index in [2.05, 4.69) is 10.7 Å². The second-order valence-electron chi connectivity index (χ2n) is 2.47. The molecule has 0 atom stereocenters. The highest BCUT2D eigenvalue weighted by atomic mass is 16.6. The summed E-state index contributed by atoms with van der Waals surface area (Å²) >= 11 is 0. The van der Waals surface area contributed by atoms with Crippen LogP contribution in [-0.4, -0.2) is 18.4 Å². The van der Waals surface area contributed by atoms with E-state index in [0.717, 1.165) is 0 Å². The van der Waals surface area contributed by atoms with Crippen molar-refractivity contribution in [1.82, 2.24) is 0 Å². The van der Waals surface area contributed by atoms with Crippen LogP contribution in [0.15, 0.2) is 24.3 Å². The van der Waals surface area contributed by atoms with Crippen LogP contribution in [0.1, 0.15) is 5.56 Å². The highest BCUT2D eigenvalue weighted by molar-refractivity contribution is 5.84. The quantitative estimate of drug-likeness (QED) is 0.417. The molecular weight excluding hydrogens is 182 g/mol. The zero-order chi connectivity index (χ0) is 10.6. The van der Waals surface area contributed by atoms with E-state index in [9.17, 15) is 10.0 Å². The summed E-state index contributed by atoms with van der Waals surface area (Å²) in [6.07, 6.45) is 4.30. The summed E-state index contributed by atoms with van der Waals surface area (Å²) < 4.78 is 4.32. The first kappa shape index (κ1) is 10.1. The van der Waals surface area contributed by atoms with Gasteiger partial charge < -0.3 is 4.74 Å². The van der Waals surface area contributed by atoms with Crippen LogP contribution in [0.2, 0.25) is 0 Å². The lowest BCUT2D eigenvalue weighted by Gasteiger charge is -2.12. The van der Waals surface area contributed by atoms with Crippen molar-refractivity contribution in [1.29, 1.82) is 0 Å². The van der Waals surface area contributed by atoms with Gasteiger partial charge in [0.25, 0.3) is 0 Å². The molecule has 0 aliphatic carbocycles. The molecule has 0 radical (unpaired) electrons. The van der Waals surface area contributed by atoms with Gasteiger partial charge in [0.1, 0.15) is 0 Å². The summed E-state index contributed by atoms with van der Waals surface area (Å²) in [5.74, 6) is 2.42. The van der Waals surface area contributed by atoms with Gasteiger partial charge in [0.15, 0.2) is 0 Å². The number of rotatable bonds is 1. The summed E-state index contributed by atoms with van der Waals surface area (Å²) in [5.41, 5.74) is 0.975. The molecule has 1 aromatic carbocycles. The number of hydrogen-bond acceptors (Lipinski definition) is 3. The zero-order valence-electron chi connectivity index (χ0n) is 7.60. The average Bonchev–Trinajstić information content (AvgIpc) is 2.27. The third-order valence-corrected chi connectivity index (χ3v) is 1.63. The predicted molar refractivity (Wildman–Crippen MR) is 51.0 cm³/mol. The van der Waals surface area contributed by atoms with Crippen LogP contribution >= 0.6 is 0 Å². The fraction of sp³-hybridized carbons (Fsp3) is 0.100. The molecule has 14 heavy (non-hydrogen) atoms. The first-order valence-corrected chi connectivity index (χ1v) is 3.82. The third-order valence-electron chi connectivity index (χ3n) is 1.63. The van der Waals surface area contributed by atoms with Crippen molar-refractivity contribution in [3.63, 3.8) is 0 Å². The van der Waals surface area contributed by atoms with Gasteiger partial charge in [0, 0.05) is 5.56 Å². The number of amides is 1. The van der Waals surface area contributed by atoms with Gasteiger partial charge in [-0.25, -0.2) is 4.79 Å². The minimum atomic E-state index is -0.849. The second kappa shape index (κ2) is 4.30. The number of ether oxygens (including phenoxy) is 1. The Hall–Kier alpha value is -1.99. The van der Waals surface area contributed by atoms with Crippen molar-refractivity contribution in [2.45, 2.75) is 0 Å². The number of methoxy groups -OCH3 is 1. The van der Waals surface area contributed by atoms with Crippen molar-refractivity contribution in [2.75, 3.05) is 12.2 Å². The molecule has 0 aliphatic heterocycles. The molecule has 0 heterocycles. The van der Waals surface area contributed by atoms with Crippen LogP contribution in [0.3, 0.4) is 0 Å². The van der Waals surface area contributed by atoms with Crippen molar-refractivity contribution < 1.29 is 14.7 Å². The molecule has 0 spiro atoms. The molecule has 0 unspecified atom stereocenters. The topological polar surface area (TPSA) is 49.8 Å². The highest BCUT2D eigenvalue weighted by Crippen LogP contribution is 2.13. The molecule has 1 rings (SSSR count). The van der Waals surface area contributed by atoms with E-state index in [1.54, 1.807) is 12.1 Å². The molecular formula is C10H9NO3. The lowest BCUT2D eigenvalue weighted by molar-refractivity contribution is 0.141. The van der Waals surface area contributed by atoms with Gasteiger partial charge in [-0.15, -0.1) is 6.42 Å². The Morgan fingerprint density at radius 2 is 2.07 bits per heavy atom. The number of carbonyl (C=O) groups is 1. The largest absolute Gasteiger partial charge is 0.451 e. The lowest BCUT2D eigenvalue weighted by atomic mass is 10.2. The Morgan fingerprint density at radius 3 is 2.50 bits per heavy atom. The molecule has 1 aromatic rings. The van der Waals surface area contributed by atoms with Crippen LogP contribution in [-0.2, 0) is 4.74 Å². The molecule has 0 saturated carbocycles. The molecule has 0 saturated heterocycles.